The van der Waals surface area contributed by atoms with Crippen molar-refractivity contribution in [3.63, 3.8) is 0 Å². The van der Waals surface area contributed by atoms with E-state index in [1.165, 1.54) is 16.9 Å². The monoisotopic (exact) mass is 457 g/mol. The third-order valence-corrected chi connectivity index (χ3v) is 6.82. The van der Waals surface area contributed by atoms with Crippen molar-refractivity contribution in [3.05, 3.63) is 40.3 Å². The molecular weight excluding hydrogens is 422 g/mol. The van der Waals surface area contributed by atoms with Crippen LogP contribution in [0.15, 0.2) is 29.2 Å². The number of hydrogen-bond donors (Lipinski definition) is 1. The zero-order valence-electron chi connectivity index (χ0n) is 19.8. The van der Waals surface area contributed by atoms with Crippen LogP contribution < -0.4 is 5.32 Å². The van der Waals surface area contributed by atoms with E-state index in [-0.39, 0.29) is 35.6 Å². The van der Waals surface area contributed by atoms with Gasteiger partial charge in [0, 0.05) is 26.2 Å². The Hall–Kier alpha value is -2.12. The number of thioether (sulfide) groups is 1. The van der Waals surface area contributed by atoms with E-state index in [9.17, 15) is 14.4 Å². The first-order valence-electron chi connectivity index (χ1n) is 11.4. The molecule has 2 atom stereocenters. The van der Waals surface area contributed by atoms with Crippen molar-refractivity contribution >= 4 is 34.9 Å². The maximum Gasteiger partial charge on any atom is 0.293 e. The molecule has 0 unspecified atom stereocenters. The molecule has 174 valence electrons. The van der Waals surface area contributed by atoms with Crippen LogP contribution in [0, 0.1) is 11.8 Å². The van der Waals surface area contributed by atoms with Gasteiger partial charge >= 0.3 is 0 Å². The Morgan fingerprint density at radius 2 is 1.75 bits per heavy atom. The molecule has 6 nitrogen and oxygen atoms in total. The minimum absolute atomic E-state index is 0.0608. The number of benzene rings is 1. The first kappa shape index (κ1) is 24.5. The number of carbonyl (C=O) groups is 3. The molecule has 2 heterocycles. The third-order valence-electron chi connectivity index (χ3n) is 5.92. The smallest absolute Gasteiger partial charge is 0.293 e. The molecule has 2 saturated heterocycles. The number of rotatable bonds is 6. The maximum atomic E-state index is 12.7. The van der Waals surface area contributed by atoms with Crippen molar-refractivity contribution in [1.82, 2.24) is 15.1 Å². The van der Waals surface area contributed by atoms with Gasteiger partial charge in [-0.15, -0.1) is 0 Å². The summed E-state index contributed by atoms with van der Waals surface area (Å²) in [7, 11) is 0. The van der Waals surface area contributed by atoms with Gasteiger partial charge in [-0.05, 0) is 52.6 Å². The molecule has 1 N–H and O–H groups in total. The molecule has 2 aliphatic heterocycles. The number of likely N-dealkylation sites (tertiary alicyclic amines) is 1. The summed E-state index contributed by atoms with van der Waals surface area (Å²) in [4.78, 5) is 41.2. The predicted octanol–water partition coefficient (Wildman–Crippen LogP) is 4.11. The number of carbonyl (C=O) groups excluding carboxylic acids is 3. The molecule has 1 aromatic carbocycles. The minimum atomic E-state index is -0.298. The topological polar surface area (TPSA) is 69.7 Å². The van der Waals surface area contributed by atoms with Gasteiger partial charge in [-0.3, -0.25) is 24.2 Å². The Labute approximate surface area is 195 Å². The fraction of sp³-hybridized carbons (Fsp3) is 0.560. The highest BCUT2D eigenvalue weighted by molar-refractivity contribution is 8.18. The highest BCUT2D eigenvalue weighted by atomic mass is 32.2. The van der Waals surface area contributed by atoms with Crippen molar-refractivity contribution in [3.8, 4) is 0 Å². The number of nitrogens with one attached hydrogen (secondary N) is 1. The summed E-state index contributed by atoms with van der Waals surface area (Å²) in [6.45, 7) is 13.6. The van der Waals surface area contributed by atoms with E-state index < -0.39 is 0 Å². The van der Waals surface area contributed by atoms with E-state index in [1.54, 1.807) is 6.08 Å². The van der Waals surface area contributed by atoms with Crippen LogP contribution in [-0.4, -0.2) is 59.6 Å². The number of piperidine rings is 1. The fourth-order valence-corrected chi connectivity index (χ4v) is 5.28. The molecule has 0 radical (unpaired) electrons. The summed E-state index contributed by atoms with van der Waals surface area (Å²) in [6, 6.07) is 8.04. The molecule has 2 fully saturated rings. The average Bonchev–Trinajstić information content (AvgIpc) is 2.94. The standard InChI is InChI=1S/C25H35N3O3S/c1-17-12-18(2)15-27(14-17)16-22(29)26-10-11-28-23(30)21(32-24(28)31)13-19-6-8-20(9-7-19)25(3,4)5/h6-9,13,17-18H,10-12,14-16H2,1-5H3,(H,26,29)/b21-13-/t17-,18-/m1/s1. The van der Waals surface area contributed by atoms with E-state index in [2.05, 4.69) is 57.0 Å². The van der Waals surface area contributed by atoms with Crippen molar-refractivity contribution in [2.45, 2.75) is 46.5 Å². The predicted molar refractivity (Wildman–Crippen MR) is 130 cm³/mol. The van der Waals surface area contributed by atoms with Crippen LogP contribution in [0.2, 0.25) is 0 Å². The summed E-state index contributed by atoms with van der Waals surface area (Å²) in [5.74, 6) is 0.831. The zero-order chi connectivity index (χ0) is 23.5. The zero-order valence-corrected chi connectivity index (χ0v) is 20.6. The lowest BCUT2D eigenvalue weighted by molar-refractivity contribution is -0.125. The van der Waals surface area contributed by atoms with Gasteiger partial charge in [-0.2, -0.15) is 0 Å². The van der Waals surface area contributed by atoms with Crippen molar-refractivity contribution in [2.24, 2.45) is 11.8 Å². The van der Waals surface area contributed by atoms with Crippen molar-refractivity contribution < 1.29 is 14.4 Å². The fourth-order valence-electron chi connectivity index (χ4n) is 4.41. The molecular formula is C25H35N3O3S. The lowest BCUT2D eigenvalue weighted by atomic mass is 9.87. The molecule has 3 amide bonds. The SMILES string of the molecule is C[C@@H]1C[C@@H](C)CN(CC(=O)NCCN2C(=O)S/C(=C\c3ccc(C(C)(C)C)cc3)C2=O)C1. The van der Waals surface area contributed by atoms with Gasteiger partial charge in [0.25, 0.3) is 11.1 Å². The number of imide groups is 1. The van der Waals surface area contributed by atoms with E-state index in [1.807, 2.05) is 12.1 Å². The number of nitrogens with zero attached hydrogens (tertiary/aromatic N) is 2. The Kier molecular flexibility index (Phi) is 7.83. The average molecular weight is 458 g/mol. The van der Waals surface area contributed by atoms with Crippen molar-refractivity contribution in [2.75, 3.05) is 32.7 Å². The second-order valence-corrected chi connectivity index (χ2v) is 11.2. The number of hydrogen-bond acceptors (Lipinski definition) is 5. The summed E-state index contributed by atoms with van der Waals surface area (Å²) in [5, 5.41) is 2.57. The van der Waals surface area contributed by atoms with Crippen LogP contribution in [0.3, 0.4) is 0 Å². The Bertz CT molecular complexity index is 879. The van der Waals surface area contributed by atoms with Crippen LogP contribution in [0.4, 0.5) is 4.79 Å². The van der Waals surface area contributed by atoms with Gasteiger partial charge in [-0.1, -0.05) is 58.9 Å². The van der Waals surface area contributed by atoms with Crippen LogP contribution in [0.1, 0.15) is 52.2 Å². The lowest BCUT2D eigenvalue weighted by Gasteiger charge is -2.34. The summed E-state index contributed by atoms with van der Waals surface area (Å²) in [6.07, 6.45) is 2.96. The second kappa shape index (κ2) is 10.2. The molecule has 0 aromatic heterocycles. The van der Waals surface area contributed by atoms with Gasteiger partial charge in [-0.25, -0.2) is 0 Å². The van der Waals surface area contributed by atoms with Gasteiger partial charge in [0.1, 0.15) is 0 Å². The normalized spacial score (nSPS) is 23.8. The first-order valence-corrected chi connectivity index (χ1v) is 12.2. The third kappa shape index (κ3) is 6.45. The number of amides is 3. The Morgan fingerprint density at radius 3 is 2.34 bits per heavy atom. The molecule has 1 aromatic rings. The van der Waals surface area contributed by atoms with E-state index >= 15 is 0 Å². The highest BCUT2D eigenvalue weighted by Gasteiger charge is 2.34. The maximum absolute atomic E-state index is 12.7. The molecule has 0 bridgehead atoms. The van der Waals surface area contributed by atoms with Gasteiger partial charge in [0.05, 0.1) is 11.4 Å². The Morgan fingerprint density at radius 1 is 1.12 bits per heavy atom. The summed E-state index contributed by atoms with van der Waals surface area (Å²) in [5.41, 5.74) is 2.17. The molecule has 0 spiro atoms. The molecule has 32 heavy (non-hydrogen) atoms. The van der Waals surface area contributed by atoms with Crippen molar-refractivity contribution in [1.29, 1.82) is 0 Å². The van der Waals surface area contributed by atoms with Gasteiger partial charge in [0.15, 0.2) is 0 Å². The van der Waals surface area contributed by atoms with Crippen LogP contribution in [0.25, 0.3) is 6.08 Å². The molecule has 7 heteroatoms. The van der Waals surface area contributed by atoms with Crippen LogP contribution in [0.5, 0.6) is 0 Å². The largest absolute Gasteiger partial charge is 0.353 e. The van der Waals surface area contributed by atoms with Crippen LogP contribution in [-0.2, 0) is 15.0 Å². The van der Waals surface area contributed by atoms with E-state index in [4.69, 9.17) is 0 Å². The summed E-state index contributed by atoms with van der Waals surface area (Å²) < 4.78 is 0. The molecule has 2 aliphatic rings. The molecule has 0 saturated carbocycles. The highest BCUT2D eigenvalue weighted by Crippen LogP contribution is 2.32. The second-order valence-electron chi connectivity index (χ2n) is 10.2. The van der Waals surface area contributed by atoms with Gasteiger partial charge in [0.2, 0.25) is 5.91 Å². The molecule has 3 rings (SSSR count). The minimum Gasteiger partial charge on any atom is -0.353 e. The van der Waals surface area contributed by atoms with Gasteiger partial charge < -0.3 is 5.32 Å². The van der Waals surface area contributed by atoms with E-state index in [0.717, 1.165) is 30.4 Å². The first-order chi connectivity index (χ1) is 15.0. The quantitative estimate of drug-likeness (QED) is 0.651. The summed E-state index contributed by atoms with van der Waals surface area (Å²) >= 11 is 0.952. The lowest BCUT2D eigenvalue weighted by Crippen LogP contribution is -2.46. The van der Waals surface area contributed by atoms with E-state index in [0.29, 0.717) is 23.3 Å². The molecule has 0 aliphatic carbocycles. The van der Waals surface area contributed by atoms with Crippen LogP contribution >= 0.6 is 11.8 Å². The Balaban J connectivity index is 1.50.